The molecule has 1 aliphatic heterocycles. The largest absolute Gasteiger partial charge is 0.375 e. The summed E-state index contributed by atoms with van der Waals surface area (Å²) in [5.41, 5.74) is 0. The third-order valence-corrected chi connectivity index (χ3v) is 6.93. The predicted octanol–water partition coefficient (Wildman–Crippen LogP) is 10.4. The van der Waals surface area contributed by atoms with Crippen molar-refractivity contribution in [2.75, 3.05) is 13.2 Å². The number of hydrogen-bond donors (Lipinski definition) is 0. The molecule has 0 N–H and O–H groups in total. The van der Waals surface area contributed by atoms with E-state index < -0.39 is 0 Å². The third kappa shape index (κ3) is 23.1. The van der Waals surface area contributed by atoms with Gasteiger partial charge in [0.2, 0.25) is 0 Å². The van der Waals surface area contributed by atoms with Gasteiger partial charge < -0.3 is 9.47 Å². The van der Waals surface area contributed by atoms with Gasteiger partial charge in [0.05, 0.1) is 19.3 Å². The van der Waals surface area contributed by atoms with E-state index in [1.54, 1.807) is 0 Å². The lowest BCUT2D eigenvalue weighted by atomic mass is 10.0. The van der Waals surface area contributed by atoms with Crippen LogP contribution in [-0.4, -0.2) is 25.4 Å². The smallest absolute Gasteiger partial charge is 0.104 e. The highest BCUT2D eigenvalue weighted by Gasteiger charge is 2.24. The van der Waals surface area contributed by atoms with Crippen molar-refractivity contribution in [1.29, 1.82) is 0 Å². The van der Waals surface area contributed by atoms with E-state index in [-0.39, 0.29) is 7.43 Å². The summed E-state index contributed by atoms with van der Waals surface area (Å²) in [6.07, 6.45) is 33.3. The van der Waals surface area contributed by atoms with E-state index in [1.165, 1.54) is 148 Å². The van der Waals surface area contributed by atoms with Crippen molar-refractivity contribution in [2.24, 2.45) is 0 Å². The molecule has 2 unspecified atom stereocenters. The van der Waals surface area contributed by atoms with Gasteiger partial charge in [-0.3, -0.25) is 0 Å². The average molecular weight is 455 g/mol. The van der Waals surface area contributed by atoms with Gasteiger partial charge in [-0.1, -0.05) is 156 Å². The van der Waals surface area contributed by atoms with Crippen molar-refractivity contribution in [3.8, 4) is 0 Å². The standard InChI is InChI=1S/C29H58O2.CH4/c1-3-5-7-9-11-13-15-17-19-21-23-25-28(30-26-29-27-31-29)24-22-20-18-16-14-12-10-8-6-4-2;/h28-29H,3-27H2,1-2H3;1H4. The van der Waals surface area contributed by atoms with Crippen LogP contribution in [0, 0.1) is 0 Å². The first-order valence-corrected chi connectivity index (χ1v) is 14.6. The molecule has 0 spiro atoms. The van der Waals surface area contributed by atoms with Gasteiger partial charge in [0.25, 0.3) is 0 Å². The van der Waals surface area contributed by atoms with Crippen LogP contribution >= 0.6 is 0 Å². The Morgan fingerprint density at radius 3 is 1.19 bits per heavy atom. The minimum Gasteiger partial charge on any atom is -0.375 e. The van der Waals surface area contributed by atoms with Gasteiger partial charge in [-0.05, 0) is 12.8 Å². The number of hydrogen-bond acceptors (Lipinski definition) is 2. The maximum absolute atomic E-state index is 6.22. The van der Waals surface area contributed by atoms with E-state index in [1.807, 2.05) is 0 Å². The van der Waals surface area contributed by atoms with E-state index in [9.17, 15) is 0 Å². The maximum atomic E-state index is 6.22. The van der Waals surface area contributed by atoms with Crippen molar-refractivity contribution < 1.29 is 9.47 Å². The van der Waals surface area contributed by atoms with Crippen molar-refractivity contribution >= 4 is 0 Å². The summed E-state index contributed by atoms with van der Waals surface area (Å²) in [5, 5.41) is 0. The zero-order chi connectivity index (χ0) is 22.2. The van der Waals surface area contributed by atoms with E-state index in [4.69, 9.17) is 9.47 Å². The van der Waals surface area contributed by atoms with Crippen LogP contribution in [0.25, 0.3) is 0 Å². The Kier molecular flexibility index (Phi) is 25.5. The average Bonchev–Trinajstić information content (AvgIpc) is 3.61. The first kappa shape index (κ1) is 31.9. The second kappa shape index (κ2) is 25.5. The van der Waals surface area contributed by atoms with Crippen LogP contribution in [0.2, 0.25) is 0 Å². The Hall–Kier alpha value is -0.0800. The minimum absolute atomic E-state index is 0. The number of unbranched alkanes of at least 4 members (excludes halogenated alkanes) is 19. The zero-order valence-electron chi connectivity index (χ0n) is 21.6. The summed E-state index contributed by atoms with van der Waals surface area (Å²) in [6.45, 7) is 6.35. The molecule has 2 nitrogen and oxygen atoms in total. The van der Waals surface area contributed by atoms with E-state index in [0.29, 0.717) is 12.2 Å². The highest BCUT2D eigenvalue weighted by atomic mass is 16.6. The van der Waals surface area contributed by atoms with Gasteiger partial charge in [0, 0.05) is 0 Å². The molecular formula is C30H62O2. The molecule has 0 saturated carbocycles. The summed E-state index contributed by atoms with van der Waals surface area (Å²) < 4.78 is 11.6. The van der Waals surface area contributed by atoms with Crippen molar-refractivity contribution in [2.45, 2.75) is 181 Å². The van der Waals surface area contributed by atoms with Gasteiger partial charge >= 0.3 is 0 Å². The molecule has 0 aromatic heterocycles. The van der Waals surface area contributed by atoms with Gasteiger partial charge in [-0.2, -0.15) is 0 Å². The number of rotatable bonds is 26. The molecule has 0 aromatic rings. The summed E-state index contributed by atoms with van der Waals surface area (Å²) in [4.78, 5) is 0. The first-order chi connectivity index (χ1) is 15.4. The lowest BCUT2D eigenvalue weighted by molar-refractivity contribution is 0.0288. The fourth-order valence-electron chi connectivity index (χ4n) is 4.61. The minimum atomic E-state index is 0. The molecule has 1 saturated heterocycles. The Labute approximate surface area is 204 Å². The lowest BCUT2D eigenvalue weighted by Crippen LogP contribution is -2.16. The monoisotopic (exact) mass is 454 g/mol. The topological polar surface area (TPSA) is 21.8 Å². The maximum Gasteiger partial charge on any atom is 0.104 e. The summed E-state index contributed by atoms with van der Waals surface area (Å²) in [6, 6.07) is 0. The second-order valence-corrected chi connectivity index (χ2v) is 10.2. The molecule has 0 radical (unpaired) electrons. The van der Waals surface area contributed by atoms with Crippen LogP contribution in [0.3, 0.4) is 0 Å². The normalized spacial score (nSPS) is 16.1. The highest BCUT2D eigenvalue weighted by molar-refractivity contribution is 4.69. The Bertz CT molecular complexity index is 340. The van der Waals surface area contributed by atoms with Crippen LogP contribution in [0.4, 0.5) is 0 Å². The first-order valence-electron chi connectivity index (χ1n) is 14.6. The summed E-state index contributed by atoms with van der Waals surface area (Å²) >= 11 is 0. The number of epoxide rings is 1. The van der Waals surface area contributed by atoms with Gasteiger partial charge in [-0.25, -0.2) is 0 Å². The molecule has 194 valence electrons. The van der Waals surface area contributed by atoms with Gasteiger partial charge in [0.1, 0.15) is 6.10 Å². The highest BCUT2D eigenvalue weighted by Crippen LogP contribution is 2.19. The Morgan fingerprint density at radius 1 is 0.562 bits per heavy atom. The molecule has 2 heteroatoms. The Balaban J connectivity index is 0.00000961. The van der Waals surface area contributed by atoms with Crippen molar-refractivity contribution in [3.63, 3.8) is 0 Å². The fourth-order valence-corrected chi connectivity index (χ4v) is 4.61. The van der Waals surface area contributed by atoms with Crippen LogP contribution in [-0.2, 0) is 9.47 Å². The van der Waals surface area contributed by atoms with Crippen LogP contribution in [0.1, 0.15) is 169 Å². The van der Waals surface area contributed by atoms with Crippen molar-refractivity contribution in [1.82, 2.24) is 0 Å². The summed E-state index contributed by atoms with van der Waals surface area (Å²) in [5.74, 6) is 0. The van der Waals surface area contributed by atoms with Gasteiger partial charge in [0.15, 0.2) is 0 Å². The van der Waals surface area contributed by atoms with E-state index in [2.05, 4.69) is 13.8 Å². The molecule has 0 amide bonds. The molecule has 0 bridgehead atoms. The predicted molar refractivity (Wildman–Crippen MR) is 144 cm³/mol. The van der Waals surface area contributed by atoms with Crippen molar-refractivity contribution in [3.05, 3.63) is 0 Å². The third-order valence-electron chi connectivity index (χ3n) is 6.93. The number of ether oxygens (including phenoxy) is 2. The van der Waals surface area contributed by atoms with Crippen LogP contribution < -0.4 is 0 Å². The quantitative estimate of drug-likeness (QED) is 0.0957. The van der Waals surface area contributed by atoms with Crippen LogP contribution in [0.15, 0.2) is 0 Å². The van der Waals surface area contributed by atoms with E-state index in [0.717, 1.165) is 13.2 Å². The molecule has 1 heterocycles. The van der Waals surface area contributed by atoms with Gasteiger partial charge in [-0.15, -0.1) is 0 Å². The van der Waals surface area contributed by atoms with Crippen LogP contribution in [0.5, 0.6) is 0 Å². The molecule has 1 aliphatic rings. The molecule has 1 rings (SSSR count). The lowest BCUT2D eigenvalue weighted by Gasteiger charge is -2.17. The molecular weight excluding hydrogens is 392 g/mol. The molecule has 2 atom stereocenters. The molecule has 0 aliphatic carbocycles. The molecule has 32 heavy (non-hydrogen) atoms. The second-order valence-electron chi connectivity index (χ2n) is 10.2. The fraction of sp³-hybridized carbons (Fsp3) is 1.00. The van der Waals surface area contributed by atoms with E-state index >= 15 is 0 Å². The summed E-state index contributed by atoms with van der Waals surface area (Å²) in [7, 11) is 0. The zero-order valence-corrected chi connectivity index (χ0v) is 21.6. The Morgan fingerprint density at radius 2 is 0.875 bits per heavy atom. The molecule has 1 fully saturated rings. The molecule has 0 aromatic carbocycles. The SMILES string of the molecule is C.CCCCCCCCCCCCCC(CCCCCCCCCCCC)OCC1CO1.